The predicted molar refractivity (Wildman–Crippen MR) is 54.5 cm³/mol. The van der Waals surface area contributed by atoms with Gasteiger partial charge in [0.25, 0.3) is 6.43 Å². The summed E-state index contributed by atoms with van der Waals surface area (Å²) in [6, 6.07) is 2.93. The Morgan fingerprint density at radius 3 is 2.71 bits per heavy atom. The van der Waals surface area contributed by atoms with Crippen LogP contribution in [-0.4, -0.2) is 4.98 Å². The first kappa shape index (κ1) is 11.3. The highest BCUT2D eigenvalue weighted by Gasteiger charge is 2.16. The molecule has 0 saturated carbocycles. The average molecular weight is 309 g/mol. The Bertz CT molecular complexity index is 387. The molecular weight excluding hydrogens is 303 g/mol. The van der Waals surface area contributed by atoms with Crippen LogP contribution in [0.1, 0.15) is 23.2 Å². The lowest BCUT2D eigenvalue weighted by molar-refractivity contribution is 0.150. The molecule has 0 fully saturated rings. The van der Waals surface area contributed by atoms with Gasteiger partial charge < -0.3 is 5.73 Å². The maximum Gasteiger partial charge on any atom is 0.266 e. The highest BCUT2D eigenvalue weighted by atomic mass is 127. The Hall–Kier alpha value is -0.810. The number of nitrogens with two attached hydrogens (primary N) is 1. The van der Waals surface area contributed by atoms with Crippen LogP contribution in [0.2, 0.25) is 0 Å². The van der Waals surface area contributed by atoms with Crippen LogP contribution in [0, 0.1) is 15.0 Å². The van der Waals surface area contributed by atoms with Crippen LogP contribution in [0.25, 0.3) is 0 Å². The molecule has 0 aliphatic rings. The molecule has 3 nitrogen and oxygen atoms in total. The molecular formula is C8H6F2IN3. The van der Waals surface area contributed by atoms with Gasteiger partial charge in [-0.2, -0.15) is 5.26 Å². The molecule has 0 amide bonds. The summed E-state index contributed by atoms with van der Waals surface area (Å²) in [5, 5.41) is 8.65. The third kappa shape index (κ3) is 2.16. The minimum atomic E-state index is -2.62. The zero-order chi connectivity index (χ0) is 10.7. The first-order valence-corrected chi connectivity index (χ1v) is 4.75. The summed E-state index contributed by atoms with van der Waals surface area (Å²) in [6.45, 7) is 0.0718. The fourth-order valence-corrected chi connectivity index (χ4v) is 1.63. The zero-order valence-corrected chi connectivity index (χ0v) is 9.12. The molecule has 0 bridgehead atoms. The van der Waals surface area contributed by atoms with Gasteiger partial charge in [0.05, 0.1) is 16.8 Å². The number of pyridine rings is 1. The van der Waals surface area contributed by atoms with Crippen LogP contribution in [0.5, 0.6) is 0 Å². The molecule has 14 heavy (non-hydrogen) atoms. The summed E-state index contributed by atoms with van der Waals surface area (Å²) in [6.07, 6.45) is -2.62. The maximum atomic E-state index is 12.4. The summed E-state index contributed by atoms with van der Waals surface area (Å²) < 4.78 is 25.0. The van der Waals surface area contributed by atoms with E-state index >= 15 is 0 Å². The van der Waals surface area contributed by atoms with E-state index < -0.39 is 6.43 Å². The zero-order valence-electron chi connectivity index (χ0n) is 6.97. The van der Waals surface area contributed by atoms with Crippen LogP contribution < -0.4 is 5.73 Å². The Morgan fingerprint density at radius 2 is 2.29 bits per heavy atom. The third-order valence-electron chi connectivity index (χ3n) is 1.63. The van der Waals surface area contributed by atoms with E-state index in [0.29, 0.717) is 5.69 Å². The van der Waals surface area contributed by atoms with E-state index in [4.69, 9.17) is 11.0 Å². The summed E-state index contributed by atoms with van der Waals surface area (Å²) in [4.78, 5) is 3.84. The lowest BCUT2D eigenvalue weighted by Gasteiger charge is -2.06. The number of halogens is 3. The van der Waals surface area contributed by atoms with Gasteiger partial charge in [-0.1, -0.05) is 0 Å². The van der Waals surface area contributed by atoms with Crippen molar-refractivity contribution in [3.63, 3.8) is 0 Å². The predicted octanol–water partition coefficient (Wildman–Crippen LogP) is 1.95. The van der Waals surface area contributed by atoms with E-state index in [9.17, 15) is 8.78 Å². The Kier molecular flexibility index (Phi) is 3.71. The van der Waals surface area contributed by atoms with Gasteiger partial charge in [0, 0.05) is 6.54 Å². The maximum absolute atomic E-state index is 12.4. The second kappa shape index (κ2) is 4.61. The first-order valence-electron chi connectivity index (χ1n) is 3.67. The lowest BCUT2D eigenvalue weighted by atomic mass is 10.1. The monoisotopic (exact) mass is 309 g/mol. The minimum absolute atomic E-state index is 0.0718. The Balaban J connectivity index is 3.32. The molecule has 0 unspecified atom stereocenters. The van der Waals surface area contributed by atoms with Crippen molar-refractivity contribution in [2.45, 2.75) is 13.0 Å². The number of hydrogen-bond acceptors (Lipinski definition) is 3. The summed E-state index contributed by atoms with van der Waals surface area (Å²) >= 11 is 1.70. The van der Waals surface area contributed by atoms with Crippen LogP contribution in [0.3, 0.4) is 0 Å². The molecule has 0 radical (unpaired) electrons. The number of aromatic nitrogens is 1. The fraction of sp³-hybridized carbons (Fsp3) is 0.250. The van der Waals surface area contributed by atoms with Gasteiger partial charge in [0.15, 0.2) is 0 Å². The summed E-state index contributed by atoms with van der Waals surface area (Å²) in [5.74, 6) is 0. The van der Waals surface area contributed by atoms with Crippen molar-refractivity contribution >= 4 is 22.6 Å². The molecule has 0 saturated heterocycles. The highest BCUT2D eigenvalue weighted by Crippen LogP contribution is 2.25. The molecule has 0 aliphatic heterocycles. The SMILES string of the molecule is N#Cc1cc(C(F)F)c(I)nc1CN. The van der Waals surface area contributed by atoms with Crippen molar-refractivity contribution < 1.29 is 8.78 Å². The highest BCUT2D eigenvalue weighted by molar-refractivity contribution is 14.1. The first-order chi connectivity index (χ1) is 6.60. The fourth-order valence-electron chi connectivity index (χ4n) is 0.947. The number of rotatable bonds is 2. The molecule has 1 rings (SSSR count). The molecule has 1 heterocycles. The van der Waals surface area contributed by atoms with Crippen molar-refractivity contribution in [2.24, 2.45) is 5.73 Å². The lowest BCUT2D eigenvalue weighted by Crippen LogP contribution is -2.06. The standard InChI is InChI=1S/C8H6F2IN3/c9-7(10)5-1-4(2-12)6(3-13)14-8(5)11/h1,7H,3,13H2. The van der Waals surface area contributed by atoms with Crippen LogP contribution in [0.4, 0.5) is 8.78 Å². The molecule has 6 heteroatoms. The molecule has 1 aromatic rings. The van der Waals surface area contributed by atoms with Crippen LogP contribution >= 0.6 is 22.6 Å². The van der Waals surface area contributed by atoms with Crippen LogP contribution in [0.15, 0.2) is 6.07 Å². The summed E-state index contributed by atoms with van der Waals surface area (Å²) in [7, 11) is 0. The quantitative estimate of drug-likeness (QED) is 0.671. The number of alkyl halides is 2. The van der Waals surface area contributed by atoms with E-state index in [0.717, 1.165) is 6.07 Å². The third-order valence-corrected chi connectivity index (χ3v) is 2.49. The summed E-state index contributed by atoms with van der Waals surface area (Å²) in [5.41, 5.74) is 5.56. The van der Waals surface area contributed by atoms with Gasteiger partial charge in [-0.3, -0.25) is 0 Å². The smallest absolute Gasteiger partial charge is 0.266 e. The molecule has 2 N–H and O–H groups in total. The largest absolute Gasteiger partial charge is 0.325 e. The van der Waals surface area contributed by atoms with Gasteiger partial charge in [0.1, 0.15) is 9.77 Å². The van der Waals surface area contributed by atoms with Crippen molar-refractivity contribution in [3.05, 3.63) is 26.6 Å². The van der Waals surface area contributed by atoms with E-state index in [1.807, 2.05) is 0 Å². The van der Waals surface area contributed by atoms with Gasteiger partial charge in [-0.05, 0) is 28.7 Å². The van der Waals surface area contributed by atoms with Crippen molar-refractivity contribution in [1.29, 1.82) is 5.26 Å². The van der Waals surface area contributed by atoms with E-state index in [1.54, 1.807) is 28.7 Å². The Labute approximate surface area is 93.1 Å². The van der Waals surface area contributed by atoms with Gasteiger partial charge in [0.2, 0.25) is 0 Å². The second-order valence-electron chi connectivity index (χ2n) is 2.48. The van der Waals surface area contributed by atoms with Crippen molar-refractivity contribution in [3.8, 4) is 6.07 Å². The topological polar surface area (TPSA) is 62.7 Å². The Morgan fingerprint density at radius 1 is 1.64 bits per heavy atom. The molecule has 74 valence electrons. The minimum Gasteiger partial charge on any atom is -0.325 e. The number of hydrogen-bond donors (Lipinski definition) is 1. The average Bonchev–Trinajstić information content (AvgIpc) is 2.16. The molecule has 0 atom stereocenters. The number of nitrogens with zero attached hydrogens (tertiary/aromatic N) is 2. The van der Waals surface area contributed by atoms with Gasteiger partial charge in [-0.25, -0.2) is 13.8 Å². The van der Waals surface area contributed by atoms with Crippen molar-refractivity contribution in [2.75, 3.05) is 0 Å². The van der Waals surface area contributed by atoms with E-state index in [-0.39, 0.29) is 21.4 Å². The number of nitriles is 1. The van der Waals surface area contributed by atoms with Gasteiger partial charge >= 0.3 is 0 Å². The molecule has 0 aliphatic carbocycles. The molecule has 0 aromatic carbocycles. The van der Waals surface area contributed by atoms with Crippen molar-refractivity contribution in [1.82, 2.24) is 4.98 Å². The van der Waals surface area contributed by atoms with E-state index in [2.05, 4.69) is 4.98 Å². The van der Waals surface area contributed by atoms with E-state index in [1.165, 1.54) is 0 Å². The molecule has 0 spiro atoms. The second-order valence-corrected chi connectivity index (χ2v) is 3.50. The molecule has 1 aromatic heterocycles. The van der Waals surface area contributed by atoms with Gasteiger partial charge in [-0.15, -0.1) is 0 Å². The normalized spacial score (nSPS) is 10.3. The van der Waals surface area contributed by atoms with Crippen LogP contribution in [-0.2, 0) is 6.54 Å².